The van der Waals surface area contributed by atoms with E-state index in [1.165, 1.54) is 12.1 Å². The van der Waals surface area contributed by atoms with E-state index in [2.05, 4.69) is 4.72 Å². The van der Waals surface area contributed by atoms with E-state index in [-0.39, 0.29) is 12.3 Å². The summed E-state index contributed by atoms with van der Waals surface area (Å²) in [5.74, 6) is -2.10. The smallest absolute Gasteiger partial charge is 0.243 e. The first kappa shape index (κ1) is 14.4. The SMILES string of the molecule is O=S(=O)(NCc1ccccc1O)c1ccc(F)cc1F. The first-order chi connectivity index (χ1) is 9.40. The van der Waals surface area contributed by atoms with E-state index >= 15 is 0 Å². The van der Waals surface area contributed by atoms with Crippen LogP contribution in [0.15, 0.2) is 47.4 Å². The number of halogens is 2. The fourth-order valence-corrected chi connectivity index (χ4v) is 2.67. The number of para-hydroxylation sites is 1. The van der Waals surface area contributed by atoms with Gasteiger partial charge >= 0.3 is 0 Å². The number of phenolic OH excluding ortho intramolecular Hbond substituents is 1. The van der Waals surface area contributed by atoms with Gasteiger partial charge in [0.2, 0.25) is 10.0 Å². The predicted octanol–water partition coefficient (Wildman–Crippen LogP) is 2.15. The highest BCUT2D eigenvalue weighted by Gasteiger charge is 2.19. The van der Waals surface area contributed by atoms with E-state index < -0.39 is 26.6 Å². The van der Waals surface area contributed by atoms with Crippen LogP contribution in [0.2, 0.25) is 0 Å². The number of phenols is 1. The van der Waals surface area contributed by atoms with Gasteiger partial charge in [0.1, 0.15) is 22.3 Å². The summed E-state index contributed by atoms with van der Waals surface area (Å²) < 4.78 is 52.1. The Balaban J connectivity index is 2.22. The van der Waals surface area contributed by atoms with Crippen molar-refractivity contribution in [3.05, 3.63) is 59.7 Å². The van der Waals surface area contributed by atoms with Crippen LogP contribution in [0.5, 0.6) is 5.75 Å². The van der Waals surface area contributed by atoms with Crippen LogP contribution >= 0.6 is 0 Å². The third-order valence-electron chi connectivity index (χ3n) is 2.63. The van der Waals surface area contributed by atoms with Gasteiger partial charge in [-0.3, -0.25) is 0 Å². The van der Waals surface area contributed by atoms with E-state index in [1.807, 2.05) is 0 Å². The summed E-state index contributed by atoms with van der Waals surface area (Å²) in [4.78, 5) is -0.644. The Labute approximate surface area is 114 Å². The van der Waals surface area contributed by atoms with Gasteiger partial charge < -0.3 is 5.11 Å². The molecule has 0 amide bonds. The van der Waals surface area contributed by atoms with E-state index in [0.717, 1.165) is 12.1 Å². The van der Waals surface area contributed by atoms with Gasteiger partial charge in [0.25, 0.3) is 0 Å². The largest absolute Gasteiger partial charge is 0.508 e. The molecule has 2 aromatic rings. The Bertz CT molecular complexity index is 732. The highest BCUT2D eigenvalue weighted by atomic mass is 32.2. The summed E-state index contributed by atoms with van der Waals surface area (Å²) in [7, 11) is -4.13. The van der Waals surface area contributed by atoms with Gasteiger partial charge in [-0.2, -0.15) is 0 Å². The molecule has 20 heavy (non-hydrogen) atoms. The molecule has 0 heterocycles. The molecule has 0 saturated carbocycles. The van der Waals surface area contributed by atoms with Gasteiger partial charge in [0.05, 0.1) is 0 Å². The number of rotatable bonds is 4. The molecule has 0 aliphatic rings. The fourth-order valence-electron chi connectivity index (χ4n) is 1.60. The van der Waals surface area contributed by atoms with Crippen molar-refractivity contribution in [1.29, 1.82) is 0 Å². The lowest BCUT2D eigenvalue weighted by molar-refractivity contribution is 0.467. The molecule has 0 unspecified atom stereocenters. The van der Waals surface area contributed by atoms with Crippen LogP contribution in [0.3, 0.4) is 0 Å². The lowest BCUT2D eigenvalue weighted by Gasteiger charge is -2.08. The van der Waals surface area contributed by atoms with Gasteiger partial charge in [-0.15, -0.1) is 0 Å². The average molecular weight is 299 g/mol. The van der Waals surface area contributed by atoms with Gasteiger partial charge in [0, 0.05) is 18.2 Å². The quantitative estimate of drug-likeness (QED) is 0.909. The van der Waals surface area contributed by atoms with Gasteiger partial charge in [-0.25, -0.2) is 21.9 Å². The maximum Gasteiger partial charge on any atom is 0.243 e. The number of benzene rings is 2. The standard InChI is InChI=1S/C13H11F2NO3S/c14-10-5-6-13(11(15)7-10)20(18,19)16-8-9-3-1-2-4-12(9)17/h1-7,16-17H,8H2. The van der Waals surface area contributed by atoms with Gasteiger partial charge in [-0.05, 0) is 18.2 Å². The second-order valence-corrected chi connectivity index (χ2v) is 5.76. The van der Waals surface area contributed by atoms with Crippen molar-refractivity contribution in [2.24, 2.45) is 0 Å². The van der Waals surface area contributed by atoms with Gasteiger partial charge in [0.15, 0.2) is 0 Å². The molecule has 0 aromatic heterocycles. The maximum absolute atomic E-state index is 13.4. The lowest BCUT2D eigenvalue weighted by Crippen LogP contribution is -2.24. The molecule has 0 spiro atoms. The van der Waals surface area contributed by atoms with E-state index in [0.29, 0.717) is 11.6 Å². The third kappa shape index (κ3) is 3.12. The number of nitrogens with one attached hydrogen (secondary N) is 1. The number of aromatic hydroxyl groups is 1. The van der Waals surface area contributed by atoms with Crippen LogP contribution in [-0.4, -0.2) is 13.5 Å². The minimum Gasteiger partial charge on any atom is -0.508 e. The van der Waals surface area contributed by atoms with Crippen LogP contribution < -0.4 is 4.72 Å². The highest BCUT2D eigenvalue weighted by molar-refractivity contribution is 7.89. The monoisotopic (exact) mass is 299 g/mol. The minimum absolute atomic E-state index is 0.0743. The summed E-state index contributed by atoms with van der Waals surface area (Å²) in [5.41, 5.74) is 0.346. The average Bonchev–Trinajstić information content (AvgIpc) is 2.37. The van der Waals surface area contributed by atoms with Crippen LogP contribution in [-0.2, 0) is 16.6 Å². The molecular formula is C13H11F2NO3S. The zero-order valence-corrected chi connectivity index (χ0v) is 11.0. The molecule has 4 nitrogen and oxygen atoms in total. The predicted molar refractivity (Wildman–Crippen MR) is 68.5 cm³/mol. The molecule has 0 aliphatic heterocycles. The van der Waals surface area contributed by atoms with Gasteiger partial charge in [-0.1, -0.05) is 18.2 Å². The second kappa shape index (κ2) is 5.56. The zero-order chi connectivity index (χ0) is 14.8. The van der Waals surface area contributed by atoms with E-state index in [4.69, 9.17) is 0 Å². The Kier molecular flexibility index (Phi) is 4.01. The Hall–Kier alpha value is -1.99. The van der Waals surface area contributed by atoms with Crippen molar-refractivity contribution in [2.45, 2.75) is 11.4 Å². The second-order valence-electron chi connectivity index (χ2n) is 4.03. The van der Waals surface area contributed by atoms with Crippen LogP contribution in [0.4, 0.5) is 8.78 Å². The zero-order valence-electron chi connectivity index (χ0n) is 10.2. The molecule has 0 aliphatic carbocycles. The number of sulfonamides is 1. The van der Waals surface area contributed by atoms with Crippen molar-refractivity contribution in [3.63, 3.8) is 0 Å². The number of hydrogen-bond acceptors (Lipinski definition) is 3. The summed E-state index contributed by atoms with van der Waals surface area (Å²) >= 11 is 0. The minimum atomic E-state index is -4.13. The van der Waals surface area contributed by atoms with E-state index in [1.54, 1.807) is 12.1 Å². The van der Waals surface area contributed by atoms with Crippen LogP contribution in [0, 0.1) is 11.6 Å². The van der Waals surface area contributed by atoms with Crippen molar-refractivity contribution < 1.29 is 22.3 Å². The lowest BCUT2D eigenvalue weighted by atomic mass is 10.2. The molecule has 0 radical (unpaired) electrons. The molecule has 0 atom stereocenters. The van der Waals surface area contributed by atoms with Crippen molar-refractivity contribution in [2.75, 3.05) is 0 Å². The molecule has 2 aromatic carbocycles. The highest BCUT2D eigenvalue weighted by Crippen LogP contribution is 2.18. The Morgan fingerprint density at radius 3 is 2.45 bits per heavy atom. The topological polar surface area (TPSA) is 66.4 Å². The number of hydrogen-bond donors (Lipinski definition) is 2. The van der Waals surface area contributed by atoms with Crippen molar-refractivity contribution in [3.8, 4) is 5.75 Å². The molecule has 106 valence electrons. The van der Waals surface area contributed by atoms with Crippen molar-refractivity contribution >= 4 is 10.0 Å². The molecule has 2 N–H and O–H groups in total. The van der Waals surface area contributed by atoms with E-state index in [9.17, 15) is 22.3 Å². The molecule has 2 rings (SSSR count). The summed E-state index contributed by atoms with van der Waals surface area (Å²) in [6, 6.07) is 8.35. The van der Waals surface area contributed by atoms with Crippen LogP contribution in [0.25, 0.3) is 0 Å². The van der Waals surface area contributed by atoms with Crippen molar-refractivity contribution in [1.82, 2.24) is 4.72 Å². The molecule has 0 fully saturated rings. The first-order valence-corrected chi connectivity index (χ1v) is 7.10. The van der Waals surface area contributed by atoms with Crippen LogP contribution in [0.1, 0.15) is 5.56 Å². The molecule has 0 bridgehead atoms. The first-order valence-electron chi connectivity index (χ1n) is 5.62. The Morgan fingerprint density at radius 1 is 1.10 bits per heavy atom. The molecule has 0 saturated heterocycles. The summed E-state index contributed by atoms with van der Waals surface area (Å²) in [5, 5.41) is 9.51. The molecule has 7 heteroatoms. The summed E-state index contributed by atoms with van der Waals surface area (Å²) in [6.45, 7) is -0.203. The third-order valence-corrected chi connectivity index (χ3v) is 4.06. The fraction of sp³-hybridized carbons (Fsp3) is 0.0769. The summed E-state index contributed by atoms with van der Waals surface area (Å²) in [6.07, 6.45) is 0. The Morgan fingerprint density at radius 2 is 1.80 bits per heavy atom. The maximum atomic E-state index is 13.4. The normalized spacial score (nSPS) is 11.5. The molecular weight excluding hydrogens is 288 g/mol.